The summed E-state index contributed by atoms with van der Waals surface area (Å²) in [5, 5.41) is 12.1. The van der Waals surface area contributed by atoms with Gasteiger partial charge in [0.25, 0.3) is 0 Å². The van der Waals surface area contributed by atoms with Crippen LogP contribution in [0.25, 0.3) is 11.0 Å². The fourth-order valence-electron chi connectivity index (χ4n) is 1.99. The van der Waals surface area contributed by atoms with Crippen LogP contribution in [-0.4, -0.2) is 27.6 Å². The number of H-pyrrole nitrogens is 2. The highest BCUT2D eigenvalue weighted by Gasteiger charge is 2.13. The van der Waals surface area contributed by atoms with E-state index in [0.717, 1.165) is 16.6 Å². The molecule has 2 rings (SSSR count). The molecule has 1 aromatic carbocycles. The van der Waals surface area contributed by atoms with Crippen LogP contribution in [0.15, 0.2) is 23.0 Å². The molecule has 0 aliphatic rings. The first-order valence-electron chi connectivity index (χ1n) is 6.24. The summed E-state index contributed by atoms with van der Waals surface area (Å²) in [6, 6.07) is 5.61. The number of benzene rings is 1. The second-order valence-corrected chi connectivity index (χ2v) is 4.53. The highest BCUT2D eigenvalue weighted by molar-refractivity contribution is 5.75. The van der Waals surface area contributed by atoms with Crippen molar-refractivity contribution in [3.63, 3.8) is 0 Å². The quantitative estimate of drug-likeness (QED) is 0.626. The highest BCUT2D eigenvalue weighted by atomic mass is 16.4. The Balaban J connectivity index is 1.98. The molecule has 0 amide bonds. The number of nitrogens with one attached hydrogen (secondary N) is 3. The number of aliphatic carboxylic acids is 1. The van der Waals surface area contributed by atoms with Gasteiger partial charge in [-0.15, -0.1) is 0 Å². The lowest BCUT2D eigenvalue weighted by Gasteiger charge is -2.10. The topological polar surface area (TPSA) is 98.0 Å². The summed E-state index contributed by atoms with van der Waals surface area (Å²) >= 11 is 0. The molecule has 0 spiro atoms. The Morgan fingerprint density at radius 1 is 1.37 bits per heavy atom. The molecular formula is C13H17N3O3. The fourth-order valence-corrected chi connectivity index (χ4v) is 1.99. The number of hydrogen-bond acceptors (Lipinski definition) is 3. The number of aromatic amines is 2. The molecule has 0 radical (unpaired) electrons. The number of rotatable bonds is 6. The molecule has 1 unspecified atom stereocenters. The maximum absolute atomic E-state index is 11.1. The van der Waals surface area contributed by atoms with Crippen LogP contribution in [0, 0.1) is 5.92 Å². The zero-order chi connectivity index (χ0) is 13.8. The zero-order valence-corrected chi connectivity index (χ0v) is 10.7. The van der Waals surface area contributed by atoms with Gasteiger partial charge in [0, 0.05) is 13.1 Å². The van der Waals surface area contributed by atoms with E-state index in [0.29, 0.717) is 19.5 Å². The normalized spacial score (nSPS) is 12.7. The number of fused-ring (bicyclic) bond motifs is 1. The first-order chi connectivity index (χ1) is 9.10. The molecule has 0 aliphatic heterocycles. The predicted molar refractivity (Wildman–Crippen MR) is 72.0 cm³/mol. The third-order valence-corrected chi connectivity index (χ3v) is 3.14. The first kappa shape index (κ1) is 13.4. The van der Waals surface area contributed by atoms with Crippen molar-refractivity contribution < 1.29 is 9.90 Å². The molecular weight excluding hydrogens is 246 g/mol. The van der Waals surface area contributed by atoms with Crippen molar-refractivity contribution in [3.8, 4) is 0 Å². The van der Waals surface area contributed by atoms with Crippen LogP contribution in [-0.2, 0) is 11.3 Å². The maximum atomic E-state index is 11.1. The Hall–Kier alpha value is -2.08. The van der Waals surface area contributed by atoms with Crippen molar-refractivity contribution in [2.75, 3.05) is 6.54 Å². The van der Waals surface area contributed by atoms with E-state index in [4.69, 9.17) is 5.11 Å². The molecule has 0 aliphatic carbocycles. The van der Waals surface area contributed by atoms with Crippen molar-refractivity contribution in [2.45, 2.75) is 19.9 Å². The molecule has 4 N–H and O–H groups in total. The summed E-state index contributed by atoms with van der Waals surface area (Å²) < 4.78 is 0. The second kappa shape index (κ2) is 5.71. The summed E-state index contributed by atoms with van der Waals surface area (Å²) in [4.78, 5) is 27.4. The van der Waals surface area contributed by atoms with E-state index in [-0.39, 0.29) is 11.6 Å². The average Bonchev–Trinajstić information content (AvgIpc) is 2.73. The number of carbonyl (C=O) groups is 1. The molecule has 1 atom stereocenters. The molecule has 6 heteroatoms. The van der Waals surface area contributed by atoms with Crippen LogP contribution in [0.1, 0.15) is 18.9 Å². The smallest absolute Gasteiger partial charge is 0.323 e. The summed E-state index contributed by atoms with van der Waals surface area (Å²) in [6.45, 7) is 2.87. The van der Waals surface area contributed by atoms with E-state index in [1.807, 2.05) is 25.1 Å². The van der Waals surface area contributed by atoms with Gasteiger partial charge in [0.15, 0.2) is 0 Å². The minimum atomic E-state index is -0.777. The maximum Gasteiger partial charge on any atom is 0.323 e. The number of aromatic nitrogens is 2. The average molecular weight is 263 g/mol. The minimum Gasteiger partial charge on any atom is -0.481 e. The van der Waals surface area contributed by atoms with Gasteiger partial charge in [-0.2, -0.15) is 0 Å². The van der Waals surface area contributed by atoms with Gasteiger partial charge in [0.05, 0.1) is 17.0 Å². The van der Waals surface area contributed by atoms with Crippen molar-refractivity contribution in [1.29, 1.82) is 0 Å². The molecule has 0 saturated heterocycles. The molecule has 2 aromatic rings. The number of carboxylic acids is 1. The van der Waals surface area contributed by atoms with Gasteiger partial charge in [0.2, 0.25) is 0 Å². The van der Waals surface area contributed by atoms with Crippen LogP contribution in [0.2, 0.25) is 0 Å². The Morgan fingerprint density at radius 2 is 2.11 bits per heavy atom. The summed E-state index contributed by atoms with van der Waals surface area (Å²) in [7, 11) is 0. The van der Waals surface area contributed by atoms with Gasteiger partial charge in [-0.05, 0) is 24.1 Å². The lowest BCUT2D eigenvalue weighted by Crippen LogP contribution is -2.27. The van der Waals surface area contributed by atoms with E-state index >= 15 is 0 Å². The summed E-state index contributed by atoms with van der Waals surface area (Å²) in [5.74, 6) is -1.14. The molecule has 1 aromatic heterocycles. The highest BCUT2D eigenvalue weighted by Crippen LogP contribution is 2.10. The van der Waals surface area contributed by atoms with Crippen LogP contribution in [0.5, 0.6) is 0 Å². The van der Waals surface area contributed by atoms with E-state index in [2.05, 4.69) is 15.3 Å². The van der Waals surface area contributed by atoms with E-state index in [1.54, 1.807) is 0 Å². The van der Waals surface area contributed by atoms with Crippen molar-refractivity contribution in [3.05, 3.63) is 34.2 Å². The fraction of sp³-hybridized carbons (Fsp3) is 0.385. The standard InChI is InChI=1S/C13H17N3O3/c1-2-9(12(17)18)7-14-6-8-3-4-10-11(5-8)16-13(19)15-10/h3-5,9,14H,2,6-7H2,1H3,(H,17,18)(H2,15,16,19). The van der Waals surface area contributed by atoms with Crippen molar-refractivity contribution in [1.82, 2.24) is 15.3 Å². The summed E-state index contributed by atoms with van der Waals surface area (Å²) in [6.07, 6.45) is 0.604. The number of hydrogen-bond donors (Lipinski definition) is 4. The zero-order valence-electron chi connectivity index (χ0n) is 10.7. The van der Waals surface area contributed by atoms with Gasteiger partial charge < -0.3 is 20.4 Å². The molecule has 0 saturated carbocycles. The molecule has 102 valence electrons. The number of carboxylic acid groups (broad SMARTS) is 1. The largest absolute Gasteiger partial charge is 0.481 e. The molecule has 0 bridgehead atoms. The first-order valence-corrected chi connectivity index (χ1v) is 6.24. The lowest BCUT2D eigenvalue weighted by atomic mass is 10.1. The van der Waals surface area contributed by atoms with E-state index < -0.39 is 5.97 Å². The van der Waals surface area contributed by atoms with E-state index in [1.165, 1.54) is 0 Å². The van der Waals surface area contributed by atoms with Crippen LogP contribution >= 0.6 is 0 Å². The minimum absolute atomic E-state index is 0.225. The van der Waals surface area contributed by atoms with Gasteiger partial charge in [0.1, 0.15) is 0 Å². The molecule has 1 heterocycles. The van der Waals surface area contributed by atoms with Gasteiger partial charge in [-0.25, -0.2) is 4.79 Å². The SMILES string of the molecule is CCC(CNCc1ccc2[nH]c(=O)[nH]c2c1)C(=O)O. The third-order valence-electron chi connectivity index (χ3n) is 3.14. The van der Waals surface area contributed by atoms with Gasteiger partial charge in [-0.1, -0.05) is 13.0 Å². The molecule has 19 heavy (non-hydrogen) atoms. The van der Waals surface area contributed by atoms with Crippen molar-refractivity contribution in [2.24, 2.45) is 5.92 Å². The monoisotopic (exact) mass is 263 g/mol. The van der Waals surface area contributed by atoms with Crippen LogP contribution in [0.3, 0.4) is 0 Å². The molecule has 0 fully saturated rings. The second-order valence-electron chi connectivity index (χ2n) is 4.53. The van der Waals surface area contributed by atoms with Crippen LogP contribution in [0.4, 0.5) is 0 Å². The Kier molecular flexibility index (Phi) is 4.01. The van der Waals surface area contributed by atoms with Crippen molar-refractivity contribution >= 4 is 17.0 Å². The Labute approximate surface area is 109 Å². The van der Waals surface area contributed by atoms with Gasteiger partial charge in [-0.3, -0.25) is 4.79 Å². The van der Waals surface area contributed by atoms with E-state index in [9.17, 15) is 9.59 Å². The molecule has 6 nitrogen and oxygen atoms in total. The van der Waals surface area contributed by atoms with Crippen LogP contribution < -0.4 is 11.0 Å². The Morgan fingerprint density at radius 3 is 2.79 bits per heavy atom. The van der Waals surface area contributed by atoms with Gasteiger partial charge >= 0.3 is 11.7 Å². The summed E-state index contributed by atoms with van der Waals surface area (Å²) in [5.41, 5.74) is 2.31. The lowest BCUT2D eigenvalue weighted by molar-refractivity contribution is -0.141. The predicted octanol–water partition coefficient (Wildman–Crippen LogP) is 1.06. The Bertz CT molecular complexity index is 629. The number of imidazole rings is 1. The third kappa shape index (κ3) is 3.23.